The summed E-state index contributed by atoms with van der Waals surface area (Å²) >= 11 is 3.32. The van der Waals surface area contributed by atoms with Crippen molar-refractivity contribution in [2.24, 2.45) is 0 Å². The molecule has 1 aromatic carbocycles. The molecular formula is C16H18BrFN2. The van der Waals surface area contributed by atoms with Crippen LogP contribution in [0.1, 0.15) is 29.8 Å². The number of benzene rings is 1. The van der Waals surface area contributed by atoms with Crippen LogP contribution in [0.4, 0.5) is 4.39 Å². The van der Waals surface area contributed by atoms with Gasteiger partial charge in [-0.1, -0.05) is 19.1 Å². The van der Waals surface area contributed by atoms with Gasteiger partial charge in [0.05, 0.1) is 16.2 Å². The van der Waals surface area contributed by atoms with E-state index in [0.29, 0.717) is 10.9 Å². The second-order valence-corrected chi connectivity index (χ2v) is 5.58. The lowest BCUT2D eigenvalue weighted by atomic mass is 10.0. The first-order valence-corrected chi connectivity index (χ1v) is 7.50. The molecule has 1 atom stereocenters. The van der Waals surface area contributed by atoms with E-state index in [1.54, 1.807) is 6.07 Å². The third-order valence-electron chi connectivity index (χ3n) is 3.20. The summed E-state index contributed by atoms with van der Waals surface area (Å²) in [6, 6.07) is 9.26. The summed E-state index contributed by atoms with van der Waals surface area (Å²) in [7, 11) is 0. The van der Waals surface area contributed by atoms with E-state index in [1.807, 2.05) is 25.3 Å². The van der Waals surface area contributed by atoms with Crippen LogP contribution in [0.3, 0.4) is 0 Å². The van der Waals surface area contributed by atoms with E-state index in [-0.39, 0.29) is 11.9 Å². The fourth-order valence-corrected chi connectivity index (χ4v) is 2.63. The number of aromatic nitrogens is 1. The number of nitrogens with one attached hydrogen (secondary N) is 1. The van der Waals surface area contributed by atoms with E-state index in [0.717, 1.165) is 17.8 Å². The molecule has 0 aliphatic rings. The van der Waals surface area contributed by atoms with Gasteiger partial charge < -0.3 is 5.32 Å². The predicted molar refractivity (Wildman–Crippen MR) is 83.2 cm³/mol. The first-order valence-electron chi connectivity index (χ1n) is 6.70. The van der Waals surface area contributed by atoms with Crippen molar-refractivity contribution < 1.29 is 4.39 Å². The van der Waals surface area contributed by atoms with Crippen LogP contribution in [-0.4, -0.2) is 11.5 Å². The topological polar surface area (TPSA) is 24.9 Å². The molecule has 106 valence electrons. The Balaban J connectivity index is 2.28. The van der Waals surface area contributed by atoms with Crippen molar-refractivity contribution in [3.63, 3.8) is 0 Å². The molecule has 4 heteroatoms. The molecule has 2 rings (SSSR count). The molecule has 0 aliphatic heterocycles. The van der Waals surface area contributed by atoms with E-state index in [2.05, 4.69) is 39.2 Å². The molecule has 1 aromatic heterocycles. The van der Waals surface area contributed by atoms with Gasteiger partial charge in [0.1, 0.15) is 5.82 Å². The Morgan fingerprint density at radius 2 is 2.15 bits per heavy atom. The van der Waals surface area contributed by atoms with E-state index in [4.69, 9.17) is 0 Å². The van der Waals surface area contributed by atoms with Crippen LogP contribution in [-0.2, 0) is 6.42 Å². The maximum Gasteiger partial charge on any atom is 0.137 e. The first-order chi connectivity index (χ1) is 9.61. The molecule has 0 bridgehead atoms. The van der Waals surface area contributed by atoms with Gasteiger partial charge in [0, 0.05) is 6.20 Å². The number of rotatable bonds is 5. The number of hydrogen-bond donors (Lipinski definition) is 1. The quantitative estimate of drug-likeness (QED) is 0.885. The first kappa shape index (κ1) is 15.1. The van der Waals surface area contributed by atoms with Crippen molar-refractivity contribution in [2.75, 3.05) is 6.54 Å². The number of hydrogen-bond acceptors (Lipinski definition) is 2. The Morgan fingerprint density at radius 1 is 1.35 bits per heavy atom. The monoisotopic (exact) mass is 336 g/mol. The van der Waals surface area contributed by atoms with Crippen molar-refractivity contribution in [3.8, 4) is 0 Å². The summed E-state index contributed by atoms with van der Waals surface area (Å²) in [6.45, 7) is 4.95. The van der Waals surface area contributed by atoms with Crippen LogP contribution in [0, 0.1) is 12.7 Å². The standard InChI is InChI=1S/C16H18BrFN2/c1-3-19-15(14-9-11(2)7-8-20-14)10-12-5-4-6-13(18)16(12)17/h4-9,15,19H,3,10H2,1-2H3. The minimum absolute atomic E-state index is 0.0815. The number of pyridine rings is 1. The predicted octanol–water partition coefficient (Wildman–Crippen LogP) is 4.18. The lowest BCUT2D eigenvalue weighted by Crippen LogP contribution is -2.24. The zero-order valence-corrected chi connectivity index (χ0v) is 13.2. The van der Waals surface area contributed by atoms with E-state index in [9.17, 15) is 4.39 Å². The van der Waals surface area contributed by atoms with Crippen LogP contribution >= 0.6 is 15.9 Å². The molecule has 0 saturated carbocycles. The zero-order valence-electron chi connectivity index (χ0n) is 11.7. The molecule has 0 aliphatic carbocycles. The normalized spacial score (nSPS) is 12.4. The summed E-state index contributed by atoms with van der Waals surface area (Å²) in [5, 5.41) is 3.42. The number of likely N-dealkylation sites (N-methyl/N-ethyl adjacent to an activating group) is 1. The summed E-state index contributed by atoms with van der Waals surface area (Å²) < 4.78 is 14.1. The Hall–Kier alpha value is -1.26. The third-order valence-corrected chi connectivity index (χ3v) is 4.09. The minimum atomic E-state index is -0.227. The largest absolute Gasteiger partial charge is 0.309 e. The smallest absolute Gasteiger partial charge is 0.137 e. The minimum Gasteiger partial charge on any atom is -0.309 e. The number of aryl methyl sites for hydroxylation is 1. The highest BCUT2D eigenvalue weighted by Gasteiger charge is 2.15. The SMILES string of the molecule is CCNC(Cc1cccc(F)c1Br)c1cc(C)ccn1. The van der Waals surface area contributed by atoms with Crippen molar-refractivity contribution in [1.82, 2.24) is 10.3 Å². The molecule has 0 fully saturated rings. The molecule has 20 heavy (non-hydrogen) atoms. The van der Waals surface area contributed by atoms with E-state index < -0.39 is 0 Å². The summed E-state index contributed by atoms with van der Waals surface area (Å²) in [4.78, 5) is 4.44. The molecule has 0 saturated heterocycles. The van der Waals surface area contributed by atoms with Crippen molar-refractivity contribution in [3.05, 3.63) is 63.6 Å². The average Bonchev–Trinajstić information content (AvgIpc) is 2.43. The number of halogens is 2. The number of nitrogens with zero attached hydrogens (tertiary/aromatic N) is 1. The van der Waals surface area contributed by atoms with Gasteiger partial charge in [0.25, 0.3) is 0 Å². The Morgan fingerprint density at radius 3 is 2.85 bits per heavy atom. The Labute approximate surface area is 127 Å². The fraction of sp³-hybridized carbons (Fsp3) is 0.312. The van der Waals surface area contributed by atoms with Crippen molar-refractivity contribution in [1.29, 1.82) is 0 Å². The average molecular weight is 337 g/mol. The van der Waals surface area contributed by atoms with E-state index in [1.165, 1.54) is 11.6 Å². The van der Waals surface area contributed by atoms with Gasteiger partial charge >= 0.3 is 0 Å². The van der Waals surface area contributed by atoms with Gasteiger partial charge in [-0.15, -0.1) is 0 Å². The van der Waals surface area contributed by atoms with Crippen molar-refractivity contribution >= 4 is 15.9 Å². The second kappa shape index (κ2) is 6.95. The highest BCUT2D eigenvalue weighted by Crippen LogP contribution is 2.25. The maximum absolute atomic E-state index is 13.6. The molecule has 0 radical (unpaired) electrons. The molecule has 0 amide bonds. The molecule has 0 spiro atoms. The lowest BCUT2D eigenvalue weighted by Gasteiger charge is -2.18. The van der Waals surface area contributed by atoms with Gasteiger partial charge in [-0.05, 0) is 65.1 Å². The van der Waals surface area contributed by atoms with Crippen molar-refractivity contribution in [2.45, 2.75) is 26.3 Å². The summed E-state index contributed by atoms with van der Waals surface area (Å²) in [5.41, 5.74) is 3.11. The Bertz CT molecular complexity index is 586. The van der Waals surface area contributed by atoms with Gasteiger partial charge in [-0.3, -0.25) is 4.98 Å². The highest BCUT2D eigenvalue weighted by molar-refractivity contribution is 9.10. The van der Waals surface area contributed by atoms with Crippen LogP contribution in [0.2, 0.25) is 0 Å². The van der Waals surface area contributed by atoms with Gasteiger partial charge in [-0.25, -0.2) is 4.39 Å². The highest BCUT2D eigenvalue weighted by atomic mass is 79.9. The van der Waals surface area contributed by atoms with E-state index >= 15 is 0 Å². The zero-order chi connectivity index (χ0) is 14.5. The van der Waals surface area contributed by atoms with Crippen LogP contribution in [0.5, 0.6) is 0 Å². The summed E-state index contributed by atoms with van der Waals surface area (Å²) in [5.74, 6) is -0.227. The fourth-order valence-electron chi connectivity index (χ4n) is 2.20. The molecule has 2 nitrogen and oxygen atoms in total. The second-order valence-electron chi connectivity index (χ2n) is 4.79. The third kappa shape index (κ3) is 3.64. The van der Waals surface area contributed by atoms with Gasteiger partial charge in [-0.2, -0.15) is 0 Å². The Kier molecular flexibility index (Phi) is 5.26. The maximum atomic E-state index is 13.6. The van der Waals surface area contributed by atoms with Gasteiger partial charge in [0.2, 0.25) is 0 Å². The molecule has 1 unspecified atom stereocenters. The van der Waals surface area contributed by atoms with Crippen LogP contribution in [0.15, 0.2) is 41.0 Å². The molecular weight excluding hydrogens is 319 g/mol. The molecule has 2 aromatic rings. The summed E-state index contributed by atoms with van der Waals surface area (Å²) in [6.07, 6.45) is 2.51. The van der Waals surface area contributed by atoms with Crippen LogP contribution < -0.4 is 5.32 Å². The van der Waals surface area contributed by atoms with Gasteiger partial charge in [0.15, 0.2) is 0 Å². The molecule has 1 N–H and O–H groups in total. The lowest BCUT2D eigenvalue weighted by molar-refractivity contribution is 0.532. The van der Waals surface area contributed by atoms with Crippen LogP contribution in [0.25, 0.3) is 0 Å². The molecule has 1 heterocycles.